The summed E-state index contributed by atoms with van der Waals surface area (Å²) in [5, 5.41) is 9.29. The van der Waals surface area contributed by atoms with Gasteiger partial charge in [-0.3, -0.25) is 4.79 Å². The van der Waals surface area contributed by atoms with E-state index < -0.39 is 0 Å². The minimum absolute atomic E-state index is 0.143. The Bertz CT molecular complexity index is 1540. The second-order valence-electron chi connectivity index (χ2n) is 10.2. The summed E-state index contributed by atoms with van der Waals surface area (Å²) in [5.74, 6) is 0.323. The summed E-state index contributed by atoms with van der Waals surface area (Å²) in [5.41, 5.74) is 5.73. The Balaban J connectivity index is 1.55. The van der Waals surface area contributed by atoms with Crippen LogP contribution in [0.15, 0.2) is 59.8 Å². The number of carbonyl (C=O) groups excluding carboxylic acids is 2. The van der Waals surface area contributed by atoms with Crippen LogP contribution in [0.25, 0.3) is 15.3 Å². The van der Waals surface area contributed by atoms with E-state index in [9.17, 15) is 9.59 Å². The Kier molecular flexibility index (Phi) is 5.12. The Hall–Kier alpha value is -3.78. The van der Waals surface area contributed by atoms with Gasteiger partial charge in [-0.25, -0.2) is 9.78 Å². The van der Waals surface area contributed by atoms with Crippen molar-refractivity contribution in [1.82, 2.24) is 14.8 Å². The number of rotatable bonds is 3. The summed E-state index contributed by atoms with van der Waals surface area (Å²) in [6.07, 6.45) is 1.25. The molecule has 0 unspecified atom stereocenters. The van der Waals surface area contributed by atoms with Crippen LogP contribution in [0, 0.1) is 12.3 Å². The number of Topliss-reactive ketones (excluding diaryl/α,β-unsaturated/α-hetero) is 1. The van der Waals surface area contributed by atoms with Gasteiger partial charge in [0.15, 0.2) is 5.78 Å². The molecule has 1 atom stereocenters. The maximum atomic E-state index is 13.6. The Morgan fingerprint density at radius 1 is 1.14 bits per heavy atom. The van der Waals surface area contributed by atoms with Crippen molar-refractivity contribution in [3.05, 3.63) is 82.2 Å². The van der Waals surface area contributed by atoms with E-state index in [1.54, 1.807) is 23.5 Å². The predicted molar refractivity (Wildman–Crippen MR) is 140 cm³/mol. The summed E-state index contributed by atoms with van der Waals surface area (Å²) in [6.45, 7) is 6.23. The molecule has 0 amide bonds. The van der Waals surface area contributed by atoms with Gasteiger partial charge in [0, 0.05) is 29.2 Å². The topological polar surface area (TPSA) is 86.1 Å². The van der Waals surface area contributed by atoms with Crippen molar-refractivity contribution < 1.29 is 14.3 Å². The Morgan fingerprint density at radius 3 is 2.61 bits per heavy atom. The molecule has 7 nitrogen and oxygen atoms in total. The highest BCUT2D eigenvalue weighted by molar-refractivity contribution is 7.20. The minimum Gasteiger partial charge on any atom is -0.465 e. The van der Waals surface area contributed by atoms with E-state index in [-0.39, 0.29) is 23.1 Å². The number of fused-ring (bicyclic) bond motifs is 2. The van der Waals surface area contributed by atoms with Gasteiger partial charge in [-0.05, 0) is 48.6 Å². The van der Waals surface area contributed by atoms with E-state index in [0.29, 0.717) is 12.0 Å². The number of anilines is 1. The number of aromatic nitrogens is 3. The number of esters is 1. The number of hydrogen-bond donors (Lipinski definition) is 1. The lowest BCUT2D eigenvalue weighted by Gasteiger charge is -2.38. The number of nitrogens with one attached hydrogen (secondary N) is 1. The van der Waals surface area contributed by atoms with Crippen molar-refractivity contribution in [2.75, 3.05) is 12.4 Å². The molecule has 8 heteroatoms. The quantitative estimate of drug-likeness (QED) is 0.361. The number of nitrogens with zero attached hydrogens (tertiary/aromatic N) is 3. The lowest BCUT2D eigenvalue weighted by atomic mass is 9.69. The molecule has 0 fully saturated rings. The first kappa shape index (κ1) is 22.7. The van der Waals surface area contributed by atoms with Gasteiger partial charge in [-0.1, -0.05) is 49.4 Å². The Morgan fingerprint density at radius 2 is 1.89 bits per heavy atom. The van der Waals surface area contributed by atoms with Gasteiger partial charge in [-0.15, -0.1) is 0 Å². The number of para-hydroxylation sites is 1. The number of hydrogen-bond acceptors (Lipinski definition) is 7. The van der Waals surface area contributed by atoms with Gasteiger partial charge >= 0.3 is 5.97 Å². The van der Waals surface area contributed by atoms with Gasteiger partial charge in [0.2, 0.25) is 5.13 Å². The van der Waals surface area contributed by atoms with E-state index >= 15 is 0 Å². The second kappa shape index (κ2) is 8.13. The summed E-state index contributed by atoms with van der Waals surface area (Å²) in [4.78, 5) is 30.4. The first-order valence-corrected chi connectivity index (χ1v) is 12.7. The Labute approximate surface area is 212 Å². The van der Waals surface area contributed by atoms with E-state index in [4.69, 9.17) is 14.8 Å². The highest BCUT2D eigenvalue weighted by atomic mass is 32.1. The second-order valence-corrected chi connectivity index (χ2v) is 11.2. The predicted octanol–water partition coefficient (Wildman–Crippen LogP) is 5.78. The molecule has 36 heavy (non-hydrogen) atoms. The SMILES string of the molecule is COC(=O)c1ccc([C@H]2C3=C(CC(C)(C)CC3=O)Nc3c2c(C)nn3-c2nc3ccccc3s2)cc1. The molecule has 0 saturated heterocycles. The molecule has 6 rings (SSSR count). The monoisotopic (exact) mass is 498 g/mol. The lowest BCUT2D eigenvalue weighted by Crippen LogP contribution is -2.34. The zero-order valence-corrected chi connectivity index (χ0v) is 21.4. The minimum atomic E-state index is -0.386. The van der Waals surface area contributed by atoms with Gasteiger partial charge in [0.25, 0.3) is 0 Å². The summed E-state index contributed by atoms with van der Waals surface area (Å²) >= 11 is 1.59. The zero-order chi connectivity index (χ0) is 25.2. The summed E-state index contributed by atoms with van der Waals surface area (Å²) in [7, 11) is 1.37. The van der Waals surface area contributed by atoms with E-state index in [1.165, 1.54) is 7.11 Å². The van der Waals surface area contributed by atoms with Crippen molar-refractivity contribution in [3.8, 4) is 5.13 Å². The summed E-state index contributed by atoms with van der Waals surface area (Å²) < 4.78 is 7.84. The first-order chi connectivity index (χ1) is 17.3. The fraction of sp³-hybridized carbons (Fsp3) is 0.286. The van der Waals surface area contributed by atoms with Gasteiger partial charge in [0.05, 0.1) is 28.6 Å². The van der Waals surface area contributed by atoms with Crippen LogP contribution in [-0.4, -0.2) is 33.6 Å². The number of ether oxygens (including phenoxy) is 1. The smallest absolute Gasteiger partial charge is 0.337 e. The fourth-order valence-electron chi connectivity index (χ4n) is 5.43. The number of benzene rings is 2. The van der Waals surface area contributed by atoms with Crippen molar-refractivity contribution >= 4 is 39.1 Å². The molecular weight excluding hydrogens is 472 g/mol. The van der Waals surface area contributed by atoms with Crippen molar-refractivity contribution in [2.24, 2.45) is 5.41 Å². The number of carbonyl (C=O) groups is 2. The lowest BCUT2D eigenvalue weighted by molar-refractivity contribution is -0.118. The van der Waals surface area contributed by atoms with Crippen LogP contribution >= 0.6 is 11.3 Å². The standard InChI is InChI=1S/C28H26N4O3S/c1-15-22-23(16-9-11-17(12-10-16)26(34)35-4)24-19(13-28(2,3)14-20(24)33)29-25(22)32(31-15)27-30-18-7-5-6-8-21(18)36-27/h5-12,23,29H,13-14H2,1-4H3/t23-/m1/s1. The van der Waals surface area contributed by atoms with Gasteiger partial charge in [-0.2, -0.15) is 9.78 Å². The molecular formula is C28H26N4O3S. The molecule has 2 aliphatic rings. The van der Waals surface area contributed by atoms with Crippen LogP contribution in [0.2, 0.25) is 0 Å². The average Bonchev–Trinajstić information content (AvgIpc) is 3.42. The number of methoxy groups -OCH3 is 1. The largest absolute Gasteiger partial charge is 0.465 e. The highest BCUT2D eigenvalue weighted by Crippen LogP contribution is 2.50. The number of ketones is 1. The molecule has 182 valence electrons. The highest BCUT2D eigenvalue weighted by Gasteiger charge is 2.43. The van der Waals surface area contributed by atoms with Crippen LogP contribution in [0.5, 0.6) is 0 Å². The fourth-order valence-corrected chi connectivity index (χ4v) is 6.35. The van der Waals surface area contributed by atoms with E-state index in [0.717, 1.165) is 55.7 Å². The van der Waals surface area contributed by atoms with E-state index in [2.05, 4.69) is 25.2 Å². The molecule has 2 aromatic heterocycles. The molecule has 4 aromatic rings. The molecule has 1 aliphatic carbocycles. The van der Waals surface area contributed by atoms with Crippen molar-refractivity contribution in [2.45, 2.75) is 39.5 Å². The van der Waals surface area contributed by atoms with Crippen LogP contribution in [0.4, 0.5) is 5.82 Å². The molecule has 0 spiro atoms. The normalized spacial score (nSPS) is 18.6. The third-order valence-corrected chi connectivity index (χ3v) is 8.01. The van der Waals surface area contributed by atoms with Crippen LogP contribution in [0.3, 0.4) is 0 Å². The molecule has 1 aliphatic heterocycles. The van der Waals surface area contributed by atoms with Crippen LogP contribution < -0.4 is 5.32 Å². The first-order valence-electron chi connectivity index (χ1n) is 11.9. The molecule has 2 aromatic carbocycles. The summed E-state index contributed by atoms with van der Waals surface area (Å²) in [6, 6.07) is 15.4. The van der Waals surface area contributed by atoms with Crippen molar-refractivity contribution in [3.63, 3.8) is 0 Å². The van der Waals surface area contributed by atoms with Crippen LogP contribution in [-0.2, 0) is 9.53 Å². The van der Waals surface area contributed by atoms with E-state index in [1.807, 2.05) is 41.9 Å². The molecule has 1 N–H and O–H groups in total. The third-order valence-electron chi connectivity index (χ3n) is 7.00. The maximum Gasteiger partial charge on any atom is 0.337 e. The average molecular weight is 499 g/mol. The number of allylic oxidation sites excluding steroid dienone is 2. The van der Waals surface area contributed by atoms with Gasteiger partial charge in [0.1, 0.15) is 5.82 Å². The molecule has 0 bridgehead atoms. The molecule has 0 radical (unpaired) electrons. The molecule has 3 heterocycles. The zero-order valence-electron chi connectivity index (χ0n) is 20.6. The van der Waals surface area contributed by atoms with Crippen molar-refractivity contribution in [1.29, 1.82) is 0 Å². The van der Waals surface area contributed by atoms with Gasteiger partial charge < -0.3 is 10.1 Å². The van der Waals surface area contributed by atoms with Crippen LogP contribution in [0.1, 0.15) is 59.8 Å². The maximum absolute atomic E-state index is 13.6. The third kappa shape index (κ3) is 3.55. The number of thiazole rings is 1. The molecule has 0 saturated carbocycles. The number of aryl methyl sites for hydroxylation is 1.